The number of thiazole rings is 1. The van der Waals surface area contributed by atoms with Gasteiger partial charge in [-0.25, -0.2) is 19.3 Å². The molecule has 10 nitrogen and oxygen atoms in total. The second-order valence-electron chi connectivity index (χ2n) is 10.5. The molecule has 0 unspecified atom stereocenters. The van der Waals surface area contributed by atoms with E-state index in [0.717, 1.165) is 12.8 Å². The predicted molar refractivity (Wildman–Crippen MR) is 170 cm³/mol. The van der Waals surface area contributed by atoms with Gasteiger partial charge in [0.25, 0.3) is 0 Å². The van der Waals surface area contributed by atoms with Crippen molar-refractivity contribution >= 4 is 45.3 Å². The summed E-state index contributed by atoms with van der Waals surface area (Å²) in [6, 6.07) is 10.8. The Morgan fingerprint density at radius 2 is 1.83 bits per heavy atom. The molecule has 3 aromatic heterocycles. The number of nitrogens with zero attached hydrogens (tertiary/aromatic N) is 5. The van der Waals surface area contributed by atoms with Crippen LogP contribution >= 0.6 is 11.3 Å². The van der Waals surface area contributed by atoms with Gasteiger partial charge in [0.05, 0.1) is 29.7 Å². The van der Waals surface area contributed by atoms with Crippen molar-refractivity contribution in [2.24, 2.45) is 0 Å². The van der Waals surface area contributed by atoms with E-state index >= 15 is 4.39 Å². The number of ether oxygens (including phenoxy) is 2. The van der Waals surface area contributed by atoms with Gasteiger partial charge < -0.3 is 25.0 Å². The van der Waals surface area contributed by atoms with E-state index < -0.39 is 17.0 Å². The zero-order chi connectivity index (χ0) is 33.1. The maximum Gasteiger partial charge on any atom is 0.443 e. The monoisotopic (exact) mass is 665 g/mol. The Balaban J connectivity index is 1.19. The number of methoxy groups -OCH3 is 1. The number of pyridine rings is 1. The number of carbonyl (C=O) groups excluding carboxylic acids is 1. The Kier molecular flexibility index (Phi) is 8.89. The maximum absolute atomic E-state index is 15.3. The van der Waals surface area contributed by atoms with Crippen LogP contribution in [0.2, 0.25) is 0 Å². The van der Waals surface area contributed by atoms with Crippen molar-refractivity contribution in [2.75, 3.05) is 30.8 Å². The van der Waals surface area contributed by atoms with Gasteiger partial charge in [0.1, 0.15) is 40.9 Å². The minimum Gasteiger partial charge on any atom is -0.495 e. The van der Waals surface area contributed by atoms with E-state index in [1.165, 1.54) is 48.2 Å². The highest BCUT2D eigenvalue weighted by Crippen LogP contribution is 2.37. The average Bonchev–Trinajstić information content (AvgIpc) is 3.58. The second kappa shape index (κ2) is 13.2. The second-order valence-corrected chi connectivity index (χ2v) is 11.4. The summed E-state index contributed by atoms with van der Waals surface area (Å²) in [6.07, 6.45) is 0.971. The number of piperidine rings is 1. The van der Waals surface area contributed by atoms with E-state index in [1.54, 1.807) is 24.1 Å². The SMILES string of the molecule is C=CC(=O)N1CCC(Nc2cc3c(Nc4ccc(Oc5ccnc(-c6csc(C(F)(F)F)n6)c5)cc4F)ncnc3cc2OC)CC1. The molecular formula is C32H27F4N7O3S. The molecule has 1 aliphatic rings. The number of rotatable bonds is 9. The van der Waals surface area contributed by atoms with Gasteiger partial charge in [-0.15, -0.1) is 11.3 Å². The minimum atomic E-state index is -4.55. The molecule has 2 aromatic carbocycles. The summed E-state index contributed by atoms with van der Waals surface area (Å²) in [5, 5.41) is 7.44. The van der Waals surface area contributed by atoms with Gasteiger partial charge >= 0.3 is 6.18 Å². The molecule has 1 fully saturated rings. The molecule has 1 saturated heterocycles. The first-order chi connectivity index (χ1) is 22.6. The molecule has 0 spiro atoms. The standard InChI is InChI=1S/C32H27F4N7O3S/c1-3-29(44)43-10-7-18(8-11-43)40-26-14-21-24(15-28(26)45-2)38-17-39-30(21)41-23-5-4-19(12-22(23)33)46-20-6-9-37-25(13-20)27-16-47-31(42-27)32(34,35)36/h3-6,9,12-18,40H,1,7-8,10-11H2,2H3,(H,38,39,41). The van der Waals surface area contributed by atoms with Crippen LogP contribution in [0.4, 0.5) is 34.8 Å². The van der Waals surface area contributed by atoms with Gasteiger partial charge in [-0.2, -0.15) is 13.2 Å². The summed E-state index contributed by atoms with van der Waals surface area (Å²) in [5.41, 5.74) is 1.64. The Labute approximate surface area is 270 Å². The van der Waals surface area contributed by atoms with Crippen molar-refractivity contribution in [1.29, 1.82) is 0 Å². The lowest BCUT2D eigenvalue weighted by molar-refractivity contribution is -0.137. The summed E-state index contributed by atoms with van der Waals surface area (Å²) in [6.45, 7) is 4.76. The molecule has 15 heteroatoms. The van der Waals surface area contributed by atoms with E-state index in [2.05, 4.69) is 37.1 Å². The van der Waals surface area contributed by atoms with Crippen molar-refractivity contribution in [1.82, 2.24) is 24.8 Å². The van der Waals surface area contributed by atoms with Crippen LogP contribution in [0.3, 0.4) is 0 Å². The summed E-state index contributed by atoms with van der Waals surface area (Å²) >= 11 is 0.471. The lowest BCUT2D eigenvalue weighted by Gasteiger charge is -2.32. The van der Waals surface area contributed by atoms with Gasteiger partial charge in [-0.05, 0) is 43.2 Å². The van der Waals surface area contributed by atoms with Crippen molar-refractivity contribution in [3.05, 3.63) is 83.8 Å². The van der Waals surface area contributed by atoms with Gasteiger partial charge in [0.15, 0.2) is 5.01 Å². The fraction of sp³-hybridized carbons (Fsp3) is 0.219. The number of aromatic nitrogens is 4. The van der Waals surface area contributed by atoms with E-state index in [0.29, 0.717) is 52.6 Å². The van der Waals surface area contributed by atoms with E-state index in [-0.39, 0.29) is 40.5 Å². The lowest BCUT2D eigenvalue weighted by Crippen LogP contribution is -2.41. The first kappa shape index (κ1) is 31.7. The quantitative estimate of drug-likeness (QED) is 0.123. The Hall–Kier alpha value is -5.31. The number of likely N-dealkylation sites (tertiary alicyclic amines) is 1. The molecule has 1 amide bonds. The van der Waals surface area contributed by atoms with Crippen LogP contribution in [0.5, 0.6) is 17.2 Å². The number of carbonyl (C=O) groups is 1. The molecule has 0 aliphatic carbocycles. The normalized spacial score (nSPS) is 13.8. The molecule has 0 bridgehead atoms. The molecule has 2 N–H and O–H groups in total. The van der Waals surface area contributed by atoms with Gasteiger partial charge in [-0.3, -0.25) is 9.78 Å². The van der Waals surface area contributed by atoms with Crippen molar-refractivity contribution in [3.8, 4) is 28.6 Å². The van der Waals surface area contributed by atoms with Gasteiger partial charge in [-0.1, -0.05) is 6.58 Å². The molecule has 4 heterocycles. The molecule has 0 saturated carbocycles. The first-order valence-electron chi connectivity index (χ1n) is 14.4. The third-order valence-electron chi connectivity index (χ3n) is 7.47. The molecular weight excluding hydrogens is 638 g/mol. The molecule has 5 aromatic rings. The summed E-state index contributed by atoms with van der Waals surface area (Å²) in [4.78, 5) is 30.1. The molecule has 47 heavy (non-hydrogen) atoms. The molecule has 0 atom stereocenters. The van der Waals surface area contributed by atoms with Crippen LogP contribution < -0.4 is 20.1 Å². The van der Waals surface area contributed by atoms with Crippen LogP contribution in [-0.2, 0) is 11.0 Å². The predicted octanol–water partition coefficient (Wildman–Crippen LogP) is 7.44. The largest absolute Gasteiger partial charge is 0.495 e. The van der Waals surface area contributed by atoms with Crippen molar-refractivity contribution in [2.45, 2.75) is 25.1 Å². The molecule has 6 rings (SSSR count). The molecule has 242 valence electrons. The fourth-order valence-electron chi connectivity index (χ4n) is 5.12. The van der Waals surface area contributed by atoms with Gasteiger partial charge in [0.2, 0.25) is 5.91 Å². The number of alkyl halides is 3. The zero-order valence-electron chi connectivity index (χ0n) is 24.8. The average molecular weight is 666 g/mol. The number of benzene rings is 2. The number of nitrogens with one attached hydrogen (secondary N) is 2. The highest BCUT2D eigenvalue weighted by atomic mass is 32.1. The van der Waals surface area contributed by atoms with Gasteiger partial charge in [0, 0.05) is 54.3 Å². The van der Waals surface area contributed by atoms with E-state index in [1.807, 2.05) is 6.07 Å². The van der Waals surface area contributed by atoms with Crippen LogP contribution in [0.15, 0.2) is 73.0 Å². The fourth-order valence-corrected chi connectivity index (χ4v) is 5.80. The number of fused-ring (bicyclic) bond motifs is 1. The van der Waals surface area contributed by atoms with Crippen LogP contribution in [0.25, 0.3) is 22.3 Å². The summed E-state index contributed by atoms with van der Waals surface area (Å²) in [7, 11) is 1.56. The number of halogens is 4. The lowest BCUT2D eigenvalue weighted by atomic mass is 10.0. The highest BCUT2D eigenvalue weighted by Gasteiger charge is 2.34. The number of hydrogen-bond donors (Lipinski definition) is 2. The maximum atomic E-state index is 15.3. The Morgan fingerprint density at radius 3 is 2.53 bits per heavy atom. The Bertz CT molecular complexity index is 1940. The summed E-state index contributed by atoms with van der Waals surface area (Å²) < 4.78 is 65.7. The highest BCUT2D eigenvalue weighted by molar-refractivity contribution is 7.10. The zero-order valence-corrected chi connectivity index (χ0v) is 25.7. The molecule has 1 aliphatic heterocycles. The van der Waals surface area contributed by atoms with Crippen LogP contribution in [0.1, 0.15) is 17.8 Å². The van der Waals surface area contributed by atoms with Crippen LogP contribution in [-0.4, -0.2) is 57.0 Å². The third-order valence-corrected chi connectivity index (χ3v) is 8.35. The number of amides is 1. The number of anilines is 3. The van der Waals surface area contributed by atoms with E-state index in [9.17, 15) is 18.0 Å². The molecule has 0 radical (unpaired) electrons. The Morgan fingerprint density at radius 1 is 1.04 bits per heavy atom. The number of hydrogen-bond acceptors (Lipinski definition) is 10. The minimum absolute atomic E-state index is 0.0527. The summed E-state index contributed by atoms with van der Waals surface area (Å²) in [5.74, 6) is 0.616. The smallest absolute Gasteiger partial charge is 0.443 e. The van der Waals surface area contributed by atoms with Crippen LogP contribution in [0, 0.1) is 5.82 Å². The third kappa shape index (κ3) is 7.09. The van der Waals surface area contributed by atoms with Crippen molar-refractivity contribution in [3.63, 3.8) is 0 Å². The van der Waals surface area contributed by atoms with Crippen molar-refractivity contribution < 1.29 is 31.8 Å². The van der Waals surface area contributed by atoms with E-state index in [4.69, 9.17) is 9.47 Å². The first-order valence-corrected chi connectivity index (χ1v) is 15.2. The topological polar surface area (TPSA) is 114 Å².